The largest absolute Gasteiger partial charge is 0.433 e. The number of aryl methyl sites for hydroxylation is 1. The second kappa shape index (κ2) is 8.40. The first-order valence-corrected chi connectivity index (χ1v) is 7.52. The summed E-state index contributed by atoms with van der Waals surface area (Å²) in [7, 11) is 1.83. The summed E-state index contributed by atoms with van der Waals surface area (Å²) in [4.78, 5) is 14.0. The van der Waals surface area contributed by atoms with Crippen molar-refractivity contribution in [3.8, 4) is 5.75 Å². The fourth-order valence-electron chi connectivity index (χ4n) is 2.34. The highest BCUT2D eigenvalue weighted by Gasteiger charge is 2.13. The lowest BCUT2D eigenvalue weighted by Gasteiger charge is -2.18. The van der Waals surface area contributed by atoms with Crippen LogP contribution in [0.2, 0.25) is 0 Å². The van der Waals surface area contributed by atoms with Crippen LogP contribution in [0.5, 0.6) is 5.75 Å². The second-order valence-corrected chi connectivity index (χ2v) is 5.52. The zero-order valence-electron chi connectivity index (χ0n) is 13.6. The number of para-hydroxylation sites is 2. The highest BCUT2D eigenvalue weighted by atomic mass is 19.3. The molecule has 0 unspecified atom stereocenters. The number of nitrogens with one attached hydrogen (secondary N) is 1. The molecule has 1 amide bonds. The van der Waals surface area contributed by atoms with Gasteiger partial charge in [0, 0.05) is 6.54 Å². The van der Waals surface area contributed by atoms with Gasteiger partial charge in [0.2, 0.25) is 5.91 Å². The van der Waals surface area contributed by atoms with Crippen LogP contribution in [0, 0.1) is 6.92 Å². The Morgan fingerprint density at radius 3 is 2.54 bits per heavy atom. The molecular formula is C18H20F2N2O2. The smallest absolute Gasteiger partial charge is 0.387 e. The van der Waals surface area contributed by atoms with E-state index in [-0.39, 0.29) is 23.9 Å². The zero-order valence-corrected chi connectivity index (χ0v) is 13.6. The topological polar surface area (TPSA) is 41.6 Å². The van der Waals surface area contributed by atoms with Crippen molar-refractivity contribution in [2.45, 2.75) is 20.1 Å². The number of carbonyl (C=O) groups is 1. The van der Waals surface area contributed by atoms with Crippen molar-refractivity contribution < 1.29 is 18.3 Å². The van der Waals surface area contributed by atoms with Crippen molar-refractivity contribution in [2.75, 3.05) is 18.9 Å². The fourth-order valence-corrected chi connectivity index (χ4v) is 2.34. The van der Waals surface area contributed by atoms with Gasteiger partial charge in [-0.05, 0) is 37.2 Å². The molecule has 1 N–H and O–H groups in total. The van der Waals surface area contributed by atoms with E-state index in [1.54, 1.807) is 12.1 Å². The molecule has 0 radical (unpaired) electrons. The summed E-state index contributed by atoms with van der Waals surface area (Å²) in [5.74, 6) is -0.348. The van der Waals surface area contributed by atoms with E-state index in [2.05, 4.69) is 10.1 Å². The molecule has 0 fully saturated rings. The van der Waals surface area contributed by atoms with Crippen molar-refractivity contribution in [3.05, 3.63) is 59.7 Å². The molecule has 24 heavy (non-hydrogen) atoms. The van der Waals surface area contributed by atoms with Gasteiger partial charge in [0.25, 0.3) is 0 Å². The summed E-state index contributed by atoms with van der Waals surface area (Å²) in [6, 6.07) is 14.1. The Bertz CT molecular complexity index is 692. The molecule has 2 aromatic carbocycles. The van der Waals surface area contributed by atoms with Crippen molar-refractivity contribution in [1.29, 1.82) is 0 Å². The van der Waals surface area contributed by atoms with E-state index in [0.717, 1.165) is 11.1 Å². The summed E-state index contributed by atoms with van der Waals surface area (Å²) in [5.41, 5.74) is 2.52. The number of anilines is 1. The maximum atomic E-state index is 12.4. The fraction of sp³-hybridized carbons (Fsp3) is 0.278. The predicted octanol–water partition coefficient (Wildman–Crippen LogP) is 3.67. The highest BCUT2D eigenvalue weighted by molar-refractivity contribution is 5.93. The number of likely N-dealkylation sites (N-methyl/N-ethyl adjacent to an activating group) is 1. The van der Waals surface area contributed by atoms with Crippen LogP contribution in [0.3, 0.4) is 0 Å². The normalized spacial score (nSPS) is 10.9. The van der Waals surface area contributed by atoms with Crippen LogP contribution in [-0.2, 0) is 11.3 Å². The van der Waals surface area contributed by atoms with Gasteiger partial charge in [-0.2, -0.15) is 8.78 Å². The lowest BCUT2D eigenvalue weighted by atomic mass is 10.1. The van der Waals surface area contributed by atoms with Crippen molar-refractivity contribution >= 4 is 11.6 Å². The average molecular weight is 334 g/mol. The Labute approximate surface area is 140 Å². The number of nitrogens with zero attached hydrogens (tertiary/aromatic N) is 1. The van der Waals surface area contributed by atoms with Crippen LogP contribution in [-0.4, -0.2) is 31.0 Å². The van der Waals surface area contributed by atoms with E-state index in [1.807, 2.05) is 43.1 Å². The molecule has 0 heterocycles. The van der Waals surface area contributed by atoms with Gasteiger partial charge in [-0.1, -0.05) is 36.4 Å². The SMILES string of the molecule is Cc1ccccc1CN(C)CC(=O)Nc1ccccc1OC(F)F. The van der Waals surface area contributed by atoms with Crippen LogP contribution in [0.15, 0.2) is 48.5 Å². The summed E-state index contributed by atoms with van der Waals surface area (Å²) < 4.78 is 29.2. The Kier molecular flexibility index (Phi) is 6.26. The minimum atomic E-state index is -2.94. The first-order valence-electron chi connectivity index (χ1n) is 7.52. The third-order valence-corrected chi connectivity index (χ3v) is 3.49. The van der Waals surface area contributed by atoms with Gasteiger partial charge in [-0.15, -0.1) is 0 Å². The van der Waals surface area contributed by atoms with Gasteiger partial charge in [-0.25, -0.2) is 0 Å². The lowest BCUT2D eigenvalue weighted by Crippen LogP contribution is -2.30. The number of amides is 1. The third-order valence-electron chi connectivity index (χ3n) is 3.49. The van der Waals surface area contributed by atoms with E-state index in [9.17, 15) is 13.6 Å². The van der Waals surface area contributed by atoms with Gasteiger partial charge in [-0.3, -0.25) is 9.69 Å². The van der Waals surface area contributed by atoms with Crippen LogP contribution in [0.1, 0.15) is 11.1 Å². The van der Waals surface area contributed by atoms with E-state index in [1.165, 1.54) is 12.1 Å². The molecule has 0 aromatic heterocycles. The van der Waals surface area contributed by atoms with Gasteiger partial charge in [0.05, 0.1) is 12.2 Å². The van der Waals surface area contributed by atoms with Gasteiger partial charge >= 0.3 is 6.61 Å². The van der Waals surface area contributed by atoms with Crippen LogP contribution in [0.25, 0.3) is 0 Å². The van der Waals surface area contributed by atoms with Crippen LogP contribution < -0.4 is 10.1 Å². The predicted molar refractivity (Wildman–Crippen MR) is 89.2 cm³/mol. The van der Waals surface area contributed by atoms with E-state index in [4.69, 9.17) is 0 Å². The first-order chi connectivity index (χ1) is 11.5. The summed E-state index contributed by atoms with van der Waals surface area (Å²) in [5, 5.41) is 2.61. The molecule has 0 aliphatic rings. The average Bonchev–Trinajstić information content (AvgIpc) is 2.51. The first kappa shape index (κ1) is 17.9. The lowest BCUT2D eigenvalue weighted by molar-refractivity contribution is -0.117. The molecule has 0 aliphatic heterocycles. The van der Waals surface area contributed by atoms with Gasteiger partial charge in [0.15, 0.2) is 0 Å². The molecule has 0 saturated heterocycles. The molecule has 6 heteroatoms. The highest BCUT2D eigenvalue weighted by Crippen LogP contribution is 2.25. The number of benzene rings is 2. The minimum Gasteiger partial charge on any atom is -0.433 e. The molecule has 128 valence electrons. The van der Waals surface area contributed by atoms with Crippen LogP contribution >= 0.6 is 0 Å². The molecule has 2 aromatic rings. The number of carbonyl (C=O) groups excluding carboxylic acids is 1. The quantitative estimate of drug-likeness (QED) is 0.840. The molecule has 0 bridgehead atoms. The number of halogens is 2. The molecule has 4 nitrogen and oxygen atoms in total. The zero-order chi connectivity index (χ0) is 17.5. The Balaban J connectivity index is 1.95. The Morgan fingerprint density at radius 2 is 1.83 bits per heavy atom. The van der Waals surface area contributed by atoms with Crippen molar-refractivity contribution in [1.82, 2.24) is 4.90 Å². The van der Waals surface area contributed by atoms with E-state index < -0.39 is 6.61 Å². The van der Waals surface area contributed by atoms with Gasteiger partial charge < -0.3 is 10.1 Å². The van der Waals surface area contributed by atoms with Gasteiger partial charge in [0.1, 0.15) is 5.75 Å². The number of alkyl halides is 2. The molecule has 0 aliphatic carbocycles. The molecular weight excluding hydrogens is 314 g/mol. The van der Waals surface area contributed by atoms with Crippen molar-refractivity contribution in [3.63, 3.8) is 0 Å². The standard InChI is InChI=1S/C18H20F2N2O2/c1-13-7-3-4-8-14(13)11-22(2)12-17(23)21-15-9-5-6-10-16(15)24-18(19)20/h3-10,18H,11-12H2,1-2H3,(H,21,23). The molecule has 0 atom stereocenters. The second-order valence-electron chi connectivity index (χ2n) is 5.52. The van der Waals surface area contributed by atoms with Crippen molar-refractivity contribution in [2.24, 2.45) is 0 Å². The molecule has 2 rings (SSSR count). The minimum absolute atomic E-state index is 0.0533. The Hall–Kier alpha value is -2.47. The maximum Gasteiger partial charge on any atom is 0.387 e. The molecule has 0 spiro atoms. The summed E-state index contributed by atoms with van der Waals surface area (Å²) in [6.07, 6.45) is 0. The van der Waals surface area contributed by atoms with E-state index in [0.29, 0.717) is 6.54 Å². The number of rotatable bonds is 7. The number of hydrogen-bond donors (Lipinski definition) is 1. The van der Waals surface area contributed by atoms with E-state index >= 15 is 0 Å². The monoisotopic (exact) mass is 334 g/mol. The molecule has 0 saturated carbocycles. The summed E-state index contributed by atoms with van der Waals surface area (Å²) >= 11 is 0. The number of hydrogen-bond acceptors (Lipinski definition) is 3. The summed E-state index contributed by atoms with van der Waals surface area (Å²) in [6.45, 7) is -0.167. The third kappa shape index (κ3) is 5.31. The van der Waals surface area contributed by atoms with Crippen LogP contribution in [0.4, 0.5) is 14.5 Å². The maximum absolute atomic E-state index is 12.4. The Morgan fingerprint density at radius 1 is 1.17 bits per heavy atom. The number of ether oxygens (including phenoxy) is 1.